The Kier molecular flexibility index (Phi) is 4.16. The van der Waals surface area contributed by atoms with Crippen LogP contribution in [-0.4, -0.2) is 36.0 Å². The maximum Gasteiger partial charge on any atom is 0.264 e. The first kappa shape index (κ1) is 15.4. The van der Waals surface area contributed by atoms with Crippen molar-refractivity contribution in [1.29, 1.82) is 0 Å². The average Bonchev–Trinajstić information content (AvgIpc) is 2.99. The van der Waals surface area contributed by atoms with Crippen molar-refractivity contribution in [1.82, 2.24) is 14.5 Å². The second kappa shape index (κ2) is 5.94. The molecule has 6 nitrogen and oxygen atoms in total. The van der Waals surface area contributed by atoms with Gasteiger partial charge in [0, 0.05) is 19.2 Å². The molecule has 2 aromatic rings. The van der Waals surface area contributed by atoms with Crippen LogP contribution in [0, 0.1) is 5.92 Å². The van der Waals surface area contributed by atoms with Crippen molar-refractivity contribution in [2.24, 2.45) is 5.92 Å². The van der Waals surface area contributed by atoms with Gasteiger partial charge in [-0.05, 0) is 37.0 Å². The molecule has 2 aromatic heterocycles. The largest absolute Gasteiger partial charge is 0.268 e. The molecular weight excluding hydrogens is 322 g/mol. The predicted octanol–water partition coefficient (Wildman–Crippen LogP) is 1.92. The van der Waals surface area contributed by atoms with Crippen LogP contribution in [0.3, 0.4) is 0 Å². The molecule has 0 spiro atoms. The number of hydrogen-bond acceptors (Lipinski definition) is 5. The van der Waals surface area contributed by atoms with E-state index in [0.717, 1.165) is 17.7 Å². The topological polar surface area (TPSA) is 83.1 Å². The quantitative estimate of drug-likeness (QED) is 0.926. The van der Waals surface area contributed by atoms with Crippen LogP contribution in [0.25, 0.3) is 10.6 Å². The van der Waals surface area contributed by atoms with Gasteiger partial charge in [-0.1, -0.05) is 6.92 Å². The SMILES string of the molecule is CC1CCN(S(=O)(=O)c2ccc(-c3ccc(=O)[nH]n3)s2)CC1. The highest BCUT2D eigenvalue weighted by atomic mass is 32.2. The smallest absolute Gasteiger partial charge is 0.264 e. The Hall–Kier alpha value is -1.51. The maximum atomic E-state index is 12.7. The number of aromatic nitrogens is 2. The summed E-state index contributed by atoms with van der Waals surface area (Å²) >= 11 is 1.18. The van der Waals surface area contributed by atoms with Crippen molar-refractivity contribution < 1.29 is 8.42 Å². The van der Waals surface area contributed by atoms with Crippen LogP contribution in [0.5, 0.6) is 0 Å². The van der Waals surface area contributed by atoms with Gasteiger partial charge < -0.3 is 0 Å². The summed E-state index contributed by atoms with van der Waals surface area (Å²) in [7, 11) is -3.43. The maximum absolute atomic E-state index is 12.7. The van der Waals surface area contributed by atoms with Gasteiger partial charge in [0.05, 0.1) is 4.88 Å². The summed E-state index contributed by atoms with van der Waals surface area (Å²) in [6.45, 7) is 3.30. The van der Waals surface area contributed by atoms with Gasteiger partial charge in [0.2, 0.25) is 0 Å². The lowest BCUT2D eigenvalue weighted by Gasteiger charge is -2.28. The van der Waals surface area contributed by atoms with Gasteiger partial charge in [0.15, 0.2) is 0 Å². The molecule has 8 heteroatoms. The monoisotopic (exact) mass is 339 g/mol. The van der Waals surface area contributed by atoms with E-state index in [0.29, 0.717) is 28.9 Å². The van der Waals surface area contributed by atoms with Crippen molar-refractivity contribution in [2.75, 3.05) is 13.1 Å². The first-order valence-corrected chi connectivity index (χ1v) is 9.38. The van der Waals surface area contributed by atoms with Crippen molar-refractivity contribution in [3.05, 3.63) is 34.6 Å². The molecule has 1 saturated heterocycles. The van der Waals surface area contributed by atoms with E-state index in [9.17, 15) is 13.2 Å². The number of H-pyrrole nitrogens is 1. The van der Waals surface area contributed by atoms with E-state index in [1.54, 1.807) is 22.5 Å². The molecule has 0 amide bonds. The lowest BCUT2D eigenvalue weighted by atomic mass is 10.0. The van der Waals surface area contributed by atoms with Crippen molar-refractivity contribution >= 4 is 21.4 Å². The third-order valence-electron chi connectivity index (χ3n) is 3.85. The summed E-state index contributed by atoms with van der Waals surface area (Å²) in [6, 6.07) is 6.30. The van der Waals surface area contributed by atoms with E-state index >= 15 is 0 Å². The second-order valence-corrected chi connectivity index (χ2v) is 8.76. The Bertz CT molecular complexity index is 797. The molecule has 3 heterocycles. The zero-order valence-corrected chi connectivity index (χ0v) is 13.8. The minimum atomic E-state index is -3.43. The number of nitrogens with one attached hydrogen (secondary N) is 1. The normalized spacial score (nSPS) is 17.7. The fourth-order valence-corrected chi connectivity index (χ4v) is 5.33. The van der Waals surface area contributed by atoms with Gasteiger partial charge in [0.25, 0.3) is 15.6 Å². The minimum absolute atomic E-state index is 0.282. The number of sulfonamides is 1. The summed E-state index contributed by atoms with van der Waals surface area (Å²) in [5.74, 6) is 0.579. The van der Waals surface area contributed by atoms with E-state index in [1.165, 1.54) is 17.4 Å². The number of thiophene rings is 1. The summed E-state index contributed by atoms with van der Waals surface area (Å²) in [6.07, 6.45) is 1.80. The van der Waals surface area contributed by atoms with Crippen LogP contribution in [0.15, 0.2) is 33.3 Å². The Morgan fingerprint density at radius 3 is 2.59 bits per heavy atom. The standard InChI is InChI=1S/C14H17N3O3S2/c1-10-6-8-17(9-7-10)22(19,20)14-5-3-12(21-14)11-2-4-13(18)16-15-11/h2-5,10H,6-9H2,1H3,(H,16,18). The van der Waals surface area contributed by atoms with Crippen LogP contribution in [-0.2, 0) is 10.0 Å². The second-order valence-electron chi connectivity index (χ2n) is 5.51. The molecule has 0 aromatic carbocycles. The van der Waals surface area contributed by atoms with Gasteiger partial charge >= 0.3 is 0 Å². The van der Waals surface area contributed by atoms with Crippen LogP contribution >= 0.6 is 11.3 Å². The minimum Gasteiger partial charge on any atom is -0.268 e. The summed E-state index contributed by atoms with van der Waals surface area (Å²) < 4.78 is 27.2. The summed E-state index contributed by atoms with van der Waals surface area (Å²) in [5, 5.41) is 6.29. The predicted molar refractivity (Wildman–Crippen MR) is 85.3 cm³/mol. The zero-order valence-electron chi connectivity index (χ0n) is 12.2. The summed E-state index contributed by atoms with van der Waals surface area (Å²) in [5.41, 5.74) is 0.286. The molecule has 118 valence electrons. The van der Waals surface area contributed by atoms with Gasteiger partial charge in [-0.25, -0.2) is 13.5 Å². The van der Waals surface area contributed by atoms with Crippen LogP contribution in [0.4, 0.5) is 0 Å². The Balaban J connectivity index is 1.86. The van der Waals surface area contributed by atoms with Crippen molar-refractivity contribution in [3.8, 4) is 10.6 Å². The first-order valence-electron chi connectivity index (χ1n) is 7.13. The highest BCUT2D eigenvalue weighted by Gasteiger charge is 2.29. The van der Waals surface area contributed by atoms with Gasteiger partial charge in [-0.15, -0.1) is 11.3 Å². The molecular formula is C14H17N3O3S2. The molecule has 1 aliphatic heterocycles. The molecule has 0 aliphatic carbocycles. The molecule has 0 unspecified atom stereocenters. The van der Waals surface area contributed by atoms with E-state index in [1.807, 2.05) is 0 Å². The Labute approximate surface area is 132 Å². The number of aromatic amines is 1. The number of rotatable bonds is 3. The number of piperidine rings is 1. The van der Waals surface area contributed by atoms with Gasteiger partial charge in [-0.3, -0.25) is 4.79 Å². The number of nitrogens with zero attached hydrogens (tertiary/aromatic N) is 2. The summed E-state index contributed by atoms with van der Waals surface area (Å²) in [4.78, 5) is 11.8. The first-order chi connectivity index (χ1) is 10.5. The third kappa shape index (κ3) is 2.99. The van der Waals surface area contributed by atoms with Crippen LogP contribution < -0.4 is 5.56 Å². The molecule has 0 bridgehead atoms. The van der Waals surface area contributed by atoms with E-state index in [2.05, 4.69) is 17.1 Å². The molecule has 1 fully saturated rings. The average molecular weight is 339 g/mol. The van der Waals surface area contributed by atoms with Crippen LogP contribution in [0.2, 0.25) is 0 Å². The van der Waals surface area contributed by atoms with Gasteiger partial charge in [-0.2, -0.15) is 9.40 Å². The van der Waals surface area contributed by atoms with Crippen LogP contribution in [0.1, 0.15) is 19.8 Å². The highest BCUT2D eigenvalue weighted by molar-refractivity contribution is 7.91. The lowest BCUT2D eigenvalue weighted by molar-refractivity contribution is 0.288. The van der Waals surface area contributed by atoms with Crippen molar-refractivity contribution in [3.63, 3.8) is 0 Å². The fraction of sp³-hybridized carbons (Fsp3) is 0.429. The zero-order chi connectivity index (χ0) is 15.7. The van der Waals surface area contributed by atoms with E-state index in [-0.39, 0.29) is 5.56 Å². The molecule has 0 radical (unpaired) electrons. The molecule has 1 N–H and O–H groups in total. The van der Waals surface area contributed by atoms with Gasteiger partial charge in [0.1, 0.15) is 9.90 Å². The van der Waals surface area contributed by atoms with Crippen molar-refractivity contribution in [2.45, 2.75) is 24.0 Å². The Morgan fingerprint density at radius 1 is 1.23 bits per heavy atom. The van der Waals surface area contributed by atoms with E-state index in [4.69, 9.17) is 0 Å². The third-order valence-corrected chi connectivity index (χ3v) is 7.32. The lowest BCUT2D eigenvalue weighted by Crippen LogP contribution is -2.37. The molecule has 1 aliphatic rings. The molecule has 0 atom stereocenters. The Morgan fingerprint density at radius 2 is 1.95 bits per heavy atom. The number of hydrogen-bond donors (Lipinski definition) is 1. The molecule has 0 saturated carbocycles. The molecule has 22 heavy (non-hydrogen) atoms. The highest BCUT2D eigenvalue weighted by Crippen LogP contribution is 2.32. The van der Waals surface area contributed by atoms with E-state index < -0.39 is 10.0 Å². The molecule has 3 rings (SSSR count). The fourth-order valence-electron chi connectivity index (χ4n) is 2.43.